The highest BCUT2D eigenvalue weighted by atomic mass is 79.9. The van der Waals surface area contributed by atoms with Crippen molar-refractivity contribution in [2.45, 2.75) is 19.3 Å². The van der Waals surface area contributed by atoms with Gasteiger partial charge in [-0.2, -0.15) is 0 Å². The summed E-state index contributed by atoms with van der Waals surface area (Å²) in [6, 6.07) is 8.05. The largest absolute Gasteiger partial charge is 0.347 e. The molecule has 1 aliphatic rings. The number of allylic oxidation sites excluding steroid dienone is 2. The highest BCUT2D eigenvalue weighted by Crippen LogP contribution is 2.30. The minimum atomic E-state index is 0.236. The van der Waals surface area contributed by atoms with Crippen LogP contribution in [0.4, 0.5) is 5.69 Å². The molecule has 0 radical (unpaired) electrons. The van der Waals surface area contributed by atoms with E-state index in [1.54, 1.807) is 6.08 Å². The average molecular weight is 280 g/mol. The molecule has 16 heavy (non-hydrogen) atoms. The first-order chi connectivity index (χ1) is 7.68. The second-order valence-corrected chi connectivity index (χ2v) is 4.82. The number of nitrogens with zero attached hydrogens (tertiary/aromatic N) is 1. The molecule has 0 saturated heterocycles. The zero-order valence-electron chi connectivity index (χ0n) is 9.24. The van der Waals surface area contributed by atoms with Crippen molar-refractivity contribution in [3.05, 3.63) is 40.5 Å². The second-order valence-electron chi connectivity index (χ2n) is 3.97. The molecule has 0 spiro atoms. The molecular formula is C13H14BrNO. The van der Waals surface area contributed by atoms with E-state index in [9.17, 15) is 4.79 Å². The summed E-state index contributed by atoms with van der Waals surface area (Å²) in [4.78, 5) is 13.5. The number of carbonyl (C=O) groups is 1. The molecule has 0 aliphatic heterocycles. The van der Waals surface area contributed by atoms with Gasteiger partial charge in [-0.3, -0.25) is 4.79 Å². The van der Waals surface area contributed by atoms with E-state index in [0.717, 1.165) is 28.7 Å². The van der Waals surface area contributed by atoms with Gasteiger partial charge in [0.2, 0.25) is 0 Å². The topological polar surface area (TPSA) is 20.3 Å². The summed E-state index contributed by atoms with van der Waals surface area (Å²) < 4.78 is 1.05. The summed E-state index contributed by atoms with van der Waals surface area (Å²) in [6.45, 7) is 0. The van der Waals surface area contributed by atoms with E-state index in [2.05, 4.69) is 20.8 Å². The van der Waals surface area contributed by atoms with Gasteiger partial charge in [0.05, 0.1) is 5.69 Å². The Morgan fingerprint density at radius 3 is 2.69 bits per heavy atom. The Bertz CT molecular complexity index is 439. The predicted molar refractivity (Wildman–Crippen MR) is 69.5 cm³/mol. The van der Waals surface area contributed by atoms with Gasteiger partial charge in [0, 0.05) is 29.7 Å². The molecule has 0 atom stereocenters. The summed E-state index contributed by atoms with van der Waals surface area (Å²) in [5.41, 5.74) is 2.20. The minimum Gasteiger partial charge on any atom is -0.347 e. The molecule has 2 rings (SSSR count). The Morgan fingerprint density at radius 1 is 1.25 bits per heavy atom. The molecule has 0 amide bonds. The van der Waals surface area contributed by atoms with Gasteiger partial charge in [-0.1, -0.05) is 12.1 Å². The zero-order valence-corrected chi connectivity index (χ0v) is 10.8. The Morgan fingerprint density at radius 2 is 2.00 bits per heavy atom. The van der Waals surface area contributed by atoms with Crippen LogP contribution in [-0.2, 0) is 4.79 Å². The number of ketones is 1. The van der Waals surface area contributed by atoms with Crippen molar-refractivity contribution in [1.82, 2.24) is 0 Å². The minimum absolute atomic E-state index is 0.236. The molecule has 0 unspecified atom stereocenters. The molecule has 0 bridgehead atoms. The summed E-state index contributed by atoms with van der Waals surface area (Å²) in [5, 5.41) is 0. The first-order valence-electron chi connectivity index (χ1n) is 5.40. The van der Waals surface area contributed by atoms with E-state index >= 15 is 0 Å². The van der Waals surface area contributed by atoms with Crippen LogP contribution in [-0.4, -0.2) is 12.8 Å². The van der Waals surface area contributed by atoms with Gasteiger partial charge in [0.1, 0.15) is 0 Å². The van der Waals surface area contributed by atoms with E-state index in [1.165, 1.54) is 0 Å². The Kier molecular flexibility index (Phi) is 3.44. The van der Waals surface area contributed by atoms with Crippen LogP contribution in [0.1, 0.15) is 19.3 Å². The SMILES string of the molecule is CN(C1=CC(=O)CCC1)c1ccccc1Br. The summed E-state index contributed by atoms with van der Waals surface area (Å²) in [6.07, 6.45) is 4.39. The third kappa shape index (κ3) is 2.35. The normalized spacial score (nSPS) is 15.9. The lowest BCUT2D eigenvalue weighted by molar-refractivity contribution is -0.115. The molecule has 0 fully saturated rings. The third-order valence-electron chi connectivity index (χ3n) is 2.83. The standard InChI is InChI=1S/C13H14BrNO/c1-15(10-5-4-6-11(16)9-10)13-8-3-2-7-12(13)14/h2-3,7-9H,4-6H2,1H3. The van der Waals surface area contributed by atoms with E-state index in [0.29, 0.717) is 6.42 Å². The van der Waals surface area contributed by atoms with Crippen LogP contribution < -0.4 is 4.90 Å². The van der Waals surface area contributed by atoms with Crippen molar-refractivity contribution >= 4 is 27.4 Å². The van der Waals surface area contributed by atoms with Crippen LogP contribution in [0, 0.1) is 0 Å². The van der Waals surface area contributed by atoms with Crippen molar-refractivity contribution in [2.24, 2.45) is 0 Å². The van der Waals surface area contributed by atoms with Gasteiger partial charge < -0.3 is 4.90 Å². The van der Waals surface area contributed by atoms with Crippen LogP contribution >= 0.6 is 15.9 Å². The average Bonchev–Trinajstić information content (AvgIpc) is 2.29. The second kappa shape index (κ2) is 4.83. The Hall–Kier alpha value is -1.09. The van der Waals surface area contributed by atoms with Crippen molar-refractivity contribution < 1.29 is 4.79 Å². The van der Waals surface area contributed by atoms with Crippen LogP contribution in [0.25, 0.3) is 0 Å². The first kappa shape index (κ1) is 11.4. The lowest BCUT2D eigenvalue weighted by Gasteiger charge is -2.25. The van der Waals surface area contributed by atoms with Gasteiger partial charge in [-0.15, -0.1) is 0 Å². The van der Waals surface area contributed by atoms with E-state index in [-0.39, 0.29) is 5.78 Å². The smallest absolute Gasteiger partial charge is 0.157 e. The molecule has 0 N–H and O–H groups in total. The van der Waals surface area contributed by atoms with Gasteiger partial charge >= 0.3 is 0 Å². The first-order valence-corrected chi connectivity index (χ1v) is 6.19. The maximum atomic E-state index is 11.4. The van der Waals surface area contributed by atoms with Crippen molar-refractivity contribution in [3.63, 3.8) is 0 Å². The van der Waals surface area contributed by atoms with Gasteiger partial charge in [-0.25, -0.2) is 0 Å². The molecule has 0 heterocycles. The van der Waals surface area contributed by atoms with Crippen molar-refractivity contribution in [2.75, 3.05) is 11.9 Å². The third-order valence-corrected chi connectivity index (χ3v) is 3.50. The van der Waals surface area contributed by atoms with Gasteiger partial charge in [0.15, 0.2) is 5.78 Å². The van der Waals surface area contributed by atoms with Crippen LogP contribution in [0.5, 0.6) is 0 Å². The van der Waals surface area contributed by atoms with Crippen LogP contribution in [0.2, 0.25) is 0 Å². The Balaban J connectivity index is 2.28. The molecule has 0 saturated carbocycles. The molecule has 2 nitrogen and oxygen atoms in total. The molecule has 1 aliphatic carbocycles. The zero-order chi connectivity index (χ0) is 11.5. The molecule has 84 valence electrons. The van der Waals surface area contributed by atoms with Gasteiger partial charge in [0.25, 0.3) is 0 Å². The van der Waals surface area contributed by atoms with Crippen LogP contribution in [0.15, 0.2) is 40.5 Å². The molecular weight excluding hydrogens is 266 g/mol. The number of carbonyl (C=O) groups excluding carboxylic acids is 1. The van der Waals surface area contributed by atoms with Gasteiger partial charge in [-0.05, 0) is 40.9 Å². The fourth-order valence-electron chi connectivity index (χ4n) is 1.92. The predicted octanol–water partition coefficient (Wildman–Crippen LogP) is 3.52. The fourth-order valence-corrected chi connectivity index (χ4v) is 2.47. The van der Waals surface area contributed by atoms with Crippen molar-refractivity contribution in [1.29, 1.82) is 0 Å². The number of benzene rings is 1. The maximum Gasteiger partial charge on any atom is 0.157 e. The quantitative estimate of drug-likeness (QED) is 0.826. The van der Waals surface area contributed by atoms with E-state index < -0.39 is 0 Å². The van der Waals surface area contributed by atoms with E-state index in [1.807, 2.05) is 31.3 Å². The summed E-state index contributed by atoms with van der Waals surface area (Å²) in [7, 11) is 2.00. The lowest BCUT2D eigenvalue weighted by Crippen LogP contribution is -2.20. The van der Waals surface area contributed by atoms with Crippen LogP contribution in [0.3, 0.4) is 0 Å². The number of hydrogen-bond acceptors (Lipinski definition) is 2. The molecule has 0 aromatic heterocycles. The highest BCUT2D eigenvalue weighted by molar-refractivity contribution is 9.10. The monoisotopic (exact) mass is 279 g/mol. The fraction of sp³-hybridized carbons (Fsp3) is 0.308. The number of rotatable bonds is 2. The van der Waals surface area contributed by atoms with E-state index in [4.69, 9.17) is 0 Å². The molecule has 3 heteroatoms. The lowest BCUT2D eigenvalue weighted by atomic mass is 10.0. The van der Waals surface area contributed by atoms with Crippen molar-refractivity contribution in [3.8, 4) is 0 Å². The number of hydrogen-bond donors (Lipinski definition) is 0. The summed E-state index contributed by atoms with van der Waals surface area (Å²) >= 11 is 3.52. The number of halogens is 1. The maximum absolute atomic E-state index is 11.4. The molecule has 1 aromatic carbocycles. The Labute approximate surface area is 104 Å². The summed E-state index contributed by atoms with van der Waals surface area (Å²) in [5.74, 6) is 0.236. The highest BCUT2D eigenvalue weighted by Gasteiger charge is 2.15. The number of para-hydroxylation sites is 1. The number of anilines is 1. The molecule has 1 aromatic rings.